The van der Waals surface area contributed by atoms with Crippen LogP contribution in [-0.4, -0.2) is 123 Å². The van der Waals surface area contributed by atoms with Crippen molar-refractivity contribution in [3.05, 3.63) is 60.4 Å². The Morgan fingerprint density at radius 3 is 1.48 bits per heavy atom. The number of nitrogens with zero attached hydrogens (tertiary/aromatic N) is 8. The summed E-state index contributed by atoms with van der Waals surface area (Å²) in [7, 11) is -3.50. The molecule has 0 bridgehead atoms. The van der Waals surface area contributed by atoms with Gasteiger partial charge in [0.05, 0.1) is 40.9 Å². The number of piperidine rings is 2. The number of aromatic nitrogens is 6. The lowest BCUT2D eigenvalue weighted by Crippen LogP contribution is -2.42. The molecule has 22 heteroatoms. The van der Waals surface area contributed by atoms with Crippen molar-refractivity contribution < 1.29 is 45.7 Å². The number of fused-ring (bicyclic) bond motifs is 2. The highest BCUT2D eigenvalue weighted by molar-refractivity contribution is 7.98. The lowest BCUT2D eigenvalue weighted by Gasteiger charge is -2.34. The Hall–Kier alpha value is -5.06. The van der Waals surface area contributed by atoms with Gasteiger partial charge in [-0.2, -0.15) is 0 Å². The van der Waals surface area contributed by atoms with Gasteiger partial charge >= 0.3 is 12.2 Å². The number of amides is 2. The van der Waals surface area contributed by atoms with E-state index in [1.807, 2.05) is 53.9 Å². The first-order chi connectivity index (χ1) is 31.3. The lowest BCUT2D eigenvalue weighted by molar-refractivity contribution is 0.0489. The first-order valence-electron chi connectivity index (χ1n) is 21.7. The van der Waals surface area contributed by atoms with Crippen LogP contribution in [0.4, 0.5) is 18.4 Å². The molecule has 2 aliphatic heterocycles. The van der Waals surface area contributed by atoms with Gasteiger partial charge in [-0.05, 0) is 144 Å². The SMILES string of the molecule is CC(C)OC(=O)N1CCC(C(C)Oc2nn3cc(-c4ccc(S(C)(=O)=O)cc4F)nc3s2)CC1.CSc1ccc(-c2cn3nc(OC(C)C4CCN(C(=O)OC(C)C)CC4)sc3n2)c(F)c1. The molecule has 0 radical (unpaired) electrons. The topological polar surface area (TPSA) is 172 Å². The predicted molar refractivity (Wildman–Crippen MR) is 249 cm³/mol. The van der Waals surface area contributed by atoms with E-state index in [4.69, 9.17) is 18.9 Å². The van der Waals surface area contributed by atoms with E-state index in [1.165, 1.54) is 57.1 Å². The lowest BCUT2D eigenvalue weighted by atomic mass is 9.92. The Labute approximate surface area is 394 Å². The first-order valence-corrected chi connectivity index (χ1v) is 26.4. The van der Waals surface area contributed by atoms with Gasteiger partial charge in [0.15, 0.2) is 9.84 Å². The fourth-order valence-electron chi connectivity index (χ4n) is 7.65. The minimum Gasteiger partial charge on any atom is -0.466 e. The molecule has 2 aliphatic rings. The highest BCUT2D eigenvalue weighted by Crippen LogP contribution is 2.33. The van der Waals surface area contributed by atoms with Crippen molar-refractivity contribution >= 4 is 66.4 Å². The fourth-order valence-corrected chi connectivity index (χ4v) is 10.3. The Morgan fingerprint density at radius 2 is 1.12 bits per heavy atom. The second-order valence-corrected chi connectivity index (χ2v) is 21.6. The van der Waals surface area contributed by atoms with E-state index in [0.717, 1.165) is 42.9 Å². The molecule has 0 spiro atoms. The molecule has 356 valence electrons. The van der Waals surface area contributed by atoms with Gasteiger partial charge in [0, 0.05) is 48.5 Å². The molecule has 0 aliphatic carbocycles. The molecule has 2 unspecified atom stereocenters. The number of halogens is 2. The van der Waals surface area contributed by atoms with Crippen LogP contribution in [0.15, 0.2) is 58.6 Å². The third-order valence-electron chi connectivity index (χ3n) is 11.3. The van der Waals surface area contributed by atoms with Gasteiger partial charge in [0.25, 0.3) is 10.4 Å². The van der Waals surface area contributed by atoms with Crippen molar-refractivity contribution in [2.45, 2.75) is 101 Å². The molecule has 8 rings (SSSR count). The van der Waals surface area contributed by atoms with Crippen LogP contribution in [-0.2, 0) is 19.3 Å². The van der Waals surface area contributed by atoms with E-state index in [1.54, 1.807) is 32.8 Å². The number of hydrogen-bond acceptors (Lipinski definition) is 15. The summed E-state index contributed by atoms with van der Waals surface area (Å²) in [5.41, 5.74) is 1.56. The maximum atomic E-state index is 14.5. The summed E-state index contributed by atoms with van der Waals surface area (Å²) in [5, 5.41) is 9.86. The van der Waals surface area contributed by atoms with Gasteiger partial charge in [0.2, 0.25) is 9.92 Å². The molecule has 2 amide bonds. The summed E-state index contributed by atoms with van der Waals surface area (Å²) >= 11 is 4.08. The van der Waals surface area contributed by atoms with E-state index in [9.17, 15) is 26.8 Å². The molecule has 2 aromatic carbocycles. The molecule has 66 heavy (non-hydrogen) atoms. The van der Waals surface area contributed by atoms with Gasteiger partial charge in [-0.25, -0.2) is 45.8 Å². The summed E-state index contributed by atoms with van der Waals surface area (Å²) < 4.78 is 78.0. The summed E-state index contributed by atoms with van der Waals surface area (Å²) in [5.74, 6) is -0.357. The molecule has 16 nitrogen and oxygen atoms in total. The molecule has 0 saturated carbocycles. The van der Waals surface area contributed by atoms with Crippen LogP contribution in [0.3, 0.4) is 0 Å². The van der Waals surface area contributed by atoms with E-state index < -0.39 is 15.7 Å². The number of likely N-dealkylation sites (tertiary alicyclic amines) is 2. The number of benzene rings is 2. The molecule has 0 N–H and O–H groups in total. The van der Waals surface area contributed by atoms with Crippen LogP contribution in [0.5, 0.6) is 10.4 Å². The number of thioether (sulfide) groups is 1. The third kappa shape index (κ3) is 11.9. The highest BCUT2D eigenvalue weighted by atomic mass is 32.2. The Bertz CT molecular complexity index is 2700. The van der Waals surface area contributed by atoms with Crippen molar-refractivity contribution in [2.75, 3.05) is 38.7 Å². The van der Waals surface area contributed by atoms with E-state index in [2.05, 4.69) is 20.2 Å². The Morgan fingerprint density at radius 1 is 0.697 bits per heavy atom. The monoisotopic (exact) mass is 988 g/mol. The van der Waals surface area contributed by atoms with Crippen molar-refractivity contribution in [3.8, 4) is 32.9 Å². The Balaban J connectivity index is 0.000000197. The zero-order chi connectivity index (χ0) is 47.4. The van der Waals surface area contributed by atoms with Gasteiger partial charge in [-0.1, -0.05) is 0 Å². The summed E-state index contributed by atoms with van der Waals surface area (Å²) in [6.07, 6.45) is 8.67. The van der Waals surface area contributed by atoms with Gasteiger partial charge in [-0.15, -0.1) is 22.0 Å². The number of rotatable bonds is 12. The normalized spacial score (nSPS) is 16.1. The number of imidazole rings is 2. The molecular weight excluding hydrogens is 935 g/mol. The van der Waals surface area contributed by atoms with Crippen molar-refractivity contribution in [1.29, 1.82) is 0 Å². The van der Waals surface area contributed by atoms with Gasteiger partial charge < -0.3 is 28.7 Å². The number of hydrogen-bond donors (Lipinski definition) is 0. The molecule has 6 aromatic rings. The molecule has 2 atom stereocenters. The maximum absolute atomic E-state index is 14.5. The number of sulfone groups is 1. The molecule has 2 fully saturated rings. The number of carbonyl (C=O) groups excluding carboxylic acids is 2. The summed E-state index contributed by atoms with van der Waals surface area (Å²) in [6.45, 7) is 14.0. The highest BCUT2D eigenvalue weighted by Gasteiger charge is 2.31. The van der Waals surface area contributed by atoms with Crippen molar-refractivity contribution in [1.82, 2.24) is 39.0 Å². The van der Waals surface area contributed by atoms with Crippen molar-refractivity contribution in [3.63, 3.8) is 0 Å². The average Bonchev–Trinajstić information content (AvgIpc) is 4.04. The molecular formula is C44H54F2N8O8S4. The fraction of sp³-hybridized carbons (Fsp3) is 0.500. The van der Waals surface area contributed by atoms with Gasteiger partial charge in [-0.3, -0.25) is 0 Å². The third-order valence-corrected chi connectivity index (χ3v) is 14.8. The zero-order valence-electron chi connectivity index (χ0n) is 38.0. The standard InChI is InChI=1S/C22H27FN4O5S2.C22H27FN4O3S2/c1-13(2)31-22(28)26-9-7-15(8-10-26)14(3)32-21-25-27-12-19(24-20(27)33-21)17-6-5-16(11-18(17)23)34(4,29)30;1-13(2)29-22(28)26-9-7-15(8-10-26)14(3)30-21-25-27-12-19(24-20(27)32-21)17-6-5-16(31-4)11-18(17)23/h5-6,11-15H,7-10H2,1-4H3;5-6,11-15H,7-10H2,1-4H3. The first kappa shape index (κ1) is 48.9. The van der Waals surface area contributed by atoms with Crippen LogP contribution in [0.25, 0.3) is 32.4 Å². The minimum atomic E-state index is -3.50. The summed E-state index contributed by atoms with van der Waals surface area (Å²) in [4.78, 5) is 38.5. The molecule has 2 saturated heterocycles. The largest absolute Gasteiger partial charge is 0.466 e. The van der Waals surface area contributed by atoms with Crippen LogP contribution in [0.1, 0.15) is 67.2 Å². The van der Waals surface area contributed by atoms with E-state index >= 15 is 0 Å². The average molecular weight is 989 g/mol. The maximum Gasteiger partial charge on any atom is 0.410 e. The van der Waals surface area contributed by atoms with Crippen LogP contribution in [0, 0.1) is 23.5 Å². The second-order valence-electron chi connectivity index (χ2n) is 16.9. The number of ether oxygens (including phenoxy) is 4. The minimum absolute atomic E-state index is 0.0369. The number of carbonyl (C=O) groups is 2. The van der Waals surface area contributed by atoms with Crippen LogP contribution in [0.2, 0.25) is 0 Å². The molecule has 6 heterocycles. The molecule has 4 aromatic heterocycles. The summed E-state index contributed by atoms with van der Waals surface area (Å²) in [6, 6.07) is 8.91. The smallest absolute Gasteiger partial charge is 0.410 e. The van der Waals surface area contributed by atoms with Crippen molar-refractivity contribution in [2.24, 2.45) is 11.8 Å². The van der Waals surface area contributed by atoms with E-state index in [-0.39, 0.29) is 58.8 Å². The van der Waals surface area contributed by atoms with Gasteiger partial charge in [0.1, 0.15) is 23.8 Å². The van der Waals surface area contributed by atoms with Crippen LogP contribution >= 0.6 is 34.4 Å². The Kier molecular flexibility index (Phi) is 15.4. The quantitative estimate of drug-likeness (QED) is 0.106. The van der Waals surface area contributed by atoms with Crippen LogP contribution < -0.4 is 9.47 Å². The predicted octanol–water partition coefficient (Wildman–Crippen LogP) is 9.37. The van der Waals surface area contributed by atoms with E-state index in [0.29, 0.717) is 69.4 Å². The zero-order valence-corrected chi connectivity index (χ0v) is 41.2. The second kappa shape index (κ2) is 20.8.